The molecule has 0 saturated heterocycles. The van der Waals surface area contributed by atoms with Crippen molar-refractivity contribution in [2.24, 2.45) is 11.7 Å². The zero-order valence-electron chi connectivity index (χ0n) is 10.5. The molecule has 0 spiro atoms. The Morgan fingerprint density at radius 3 is 2.72 bits per heavy atom. The van der Waals surface area contributed by atoms with Gasteiger partial charge in [0.15, 0.2) is 0 Å². The third-order valence-corrected chi connectivity index (χ3v) is 3.46. The second kappa shape index (κ2) is 5.16. The first-order valence-electron chi connectivity index (χ1n) is 5.92. The van der Waals surface area contributed by atoms with Crippen molar-refractivity contribution in [2.75, 3.05) is 12.4 Å². The van der Waals surface area contributed by atoms with Crippen LogP contribution < -0.4 is 15.8 Å². The predicted octanol–water partition coefficient (Wildman–Crippen LogP) is 2.33. The molecule has 18 heavy (non-hydrogen) atoms. The van der Waals surface area contributed by atoms with Crippen LogP contribution in [0.4, 0.5) is 5.69 Å². The van der Waals surface area contributed by atoms with Gasteiger partial charge in [0.25, 0.3) is 0 Å². The summed E-state index contributed by atoms with van der Waals surface area (Å²) in [7, 11) is 1.57. The molecule has 0 heterocycles. The highest BCUT2D eigenvalue weighted by atomic mass is 35.5. The van der Waals surface area contributed by atoms with Crippen molar-refractivity contribution in [1.82, 2.24) is 0 Å². The van der Waals surface area contributed by atoms with Crippen LogP contribution in [0.2, 0.25) is 5.02 Å². The normalized spacial score (nSPS) is 22.2. The Bertz CT molecular complexity index is 470. The van der Waals surface area contributed by atoms with E-state index in [2.05, 4.69) is 5.32 Å². The third kappa shape index (κ3) is 2.60. The van der Waals surface area contributed by atoms with Gasteiger partial charge in [-0.1, -0.05) is 11.6 Å². The van der Waals surface area contributed by atoms with Gasteiger partial charge in [0, 0.05) is 17.0 Å². The first-order valence-corrected chi connectivity index (χ1v) is 6.29. The zero-order chi connectivity index (χ0) is 13.3. The number of hydrogen-bond donors (Lipinski definition) is 2. The van der Waals surface area contributed by atoms with Crippen LogP contribution in [0.5, 0.6) is 5.75 Å². The molecule has 1 aromatic rings. The molecule has 5 heteroatoms. The molecule has 4 nitrogen and oxygen atoms in total. The van der Waals surface area contributed by atoms with Crippen molar-refractivity contribution in [1.29, 1.82) is 0 Å². The fraction of sp³-hybridized carbons (Fsp3) is 0.462. The van der Waals surface area contributed by atoms with Gasteiger partial charge in [-0.15, -0.1) is 0 Å². The van der Waals surface area contributed by atoms with Gasteiger partial charge in [0.05, 0.1) is 12.8 Å². The molecule has 1 fully saturated rings. The van der Waals surface area contributed by atoms with Crippen molar-refractivity contribution in [3.05, 3.63) is 22.7 Å². The summed E-state index contributed by atoms with van der Waals surface area (Å²) in [5.74, 6) is 0.636. The Kier molecular flexibility index (Phi) is 3.78. The summed E-state index contributed by atoms with van der Waals surface area (Å²) in [6, 6.07) is 3.66. The summed E-state index contributed by atoms with van der Waals surface area (Å²) in [6.07, 6.45) is 1.49. The van der Waals surface area contributed by atoms with Gasteiger partial charge in [0.2, 0.25) is 5.91 Å². The average Bonchev–Trinajstić information content (AvgIpc) is 2.24. The number of ether oxygens (including phenoxy) is 1. The number of carbonyl (C=O) groups is 1. The highest BCUT2D eigenvalue weighted by molar-refractivity contribution is 6.31. The Morgan fingerprint density at radius 2 is 2.17 bits per heavy atom. The zero-order valence-corrected chi connectivity index (χ0v) is 11.3. The number of halogens is 1. The number of carbonyl (C=O) groups excluding carboxylic acids is 1. The van der Waals surface area contributed by atoms with Gasteiger partial charge in [-0.05, 0) is 37.5 Å². The quantitative estimate of drug-likeness (QED) is 0.884. The van der Waals surface area contributed by atoms with Crippen molar-refractivity contribution < 1.29 is 9.53 Å². The molecule has 1 aromatic carbocycles. The number of methoxy groups -OCH3 is 1. The van der Waals surface area contributed by atoms with E-state index in [0.717, 1.165) is 18.4 Å². The minimum atomic E-state index is -0.0170. The molecule has 98 valence electrons. The minimum Gasteiger partial charge on any atom is -0.494 e. The molecule has 0 atom stereocenters. The summed E-state index contributed by atoms with van der Waals surface area (Å²) >= 11 is 5.99. The van der Waals surface area contributed by atoms with Crippen molar-refractivity contribution in [3.63, 3.8) is 0 Å². The number of amides is 1. The lowest BCUT2D eigenvalue weighted by Gasteiger charge is -2.31. The molecule has 0 unspecified atom stereocenters. The molecule has 0 aliphatic heterocycles. The Labute approximate surface area is 111 Å². The minimum absolute atomic E-state index is 0.00370. The lowest BCUT2D eigenvalue weighted by Crippen LogP contribution is -2.42. The maximum absolute atomic E-state index is 12.0. The first kappa shape index (κ1) is 13.2. The highest BCUT2D eigenvalue weighted by Crippen LogP contribution is 2.34. The number of nitrogens with one attached hydrogen (secondary N) is 1. The van der Waals surface area contributed by atoms with E-state index >= 15 is 0 Å². The van der Waals surface area contributed by atoms with E-state index in [1.165, 1.54) is 0 Å². The van der Waals surface area contributed by atoms with E-state index in [-0.39, 0.29) is 17.9 Å². The summed E-state index contributed by atoms with van der Waals surface area (Å²) in [5, 5.41) is 3.44. The monoisotopic (exact) mass is 268 g/mol. The van der Waals surface area contributed by atoms with Crippen LogP contribution in [0.3, 0.4) is 0 Å². The van der Waals surface area contributed by atoms with E-state index in [4.69, 9.17) is 22.1 Å². The standard InChI is InChI=1S/C13H17ClN2O2/c1-7-3-9(14)6-11(12(7)18-2)16-13(17)8-4-10(15)5-8/h3,6,8,10H,4-5,15H2,1-2H3,(H,16,17). The predicted molar refractivity (Wildman–Crippen MR) is 72.1 cm³/mol. The second-order valence-electron chi connectivity index (χ2n) is 4.72. The molecule has 1 amide bonds. The van der Waals surface area contributed by atoms with Gasteiger partial charge in [-0.2, -0.15) is 0 Å². The highest BCUT2D eigenvalue weighted by Gasteiger charge is 2.32. The third-order valence-electron chi connectivity index (χ3n) is 3.25. The van der Waals surface area contributed by atoms with E-state index in [1.54, 1.807) is 19.2 Å². The van der Waals surface area contributed by atoms with Crippen LogP contribution in [0, 0.1) is 12.8 Å². The topological polar surface area (TPSA) is 64.3 Å². The molecule has 1 saturated carbocycles. The molecule has 1 aliphatic carbocycles. The van der Waals surface area contributed by atoms with Crippen molar-refractivity contribution in [2.45, 2.75) is 25.8 Å². The summed E-state index contributed by atoms with van der Waals surface area (Å²) in [5.41, 5.74) is 7.19. The second-order valence-corrected chi connectivity index (χ2v) is 5.16. The van der Waals surface area contributed by atoms with E-state index in [1.807, 2.05) is 6.92 Å². The molecule has 0 radical (unpaired) electrons. The number of rotatable bonds is 3. The van der Waals surface area contributed by atoms with Gasteiger partial charge in [0.1, 0.15) is 5.75 Å². The maximum Gasteiger partial charge on any atom is 0.227 e. The molecule has 1 aliphatic rings. The lowest BCUT2D eigenvalue weighted by atomic mass is 9.80. The Balaban J connectivity index is 2.15. The average molecular weight is 269 g/mol. The van der Waals surface area contributed by atoms with Gasteiger partial charge in [-0.3, -0.25) is 4.79 Å². The van der Waals surface area contributed by atoms with E-state index in [0.29, 0.717) is 16.5 Å². The van der Waals surface area contributed by atoms with Crippen LogP contribution in [0.25, 0.3) is 0 Å². The van der Waals surface area contributed by atoms with Crippen LogP contribution >= 0.6 is 11.6 Å². The largest absolute Gasteiger partial charge is 0.494 e. The summed E-state index contributed by atoms with van der Waals surface area (Å²) in [6.45, 7) is 1.89. The van der Waals surface area contributed by atoms with Crippen LogP contribution in [0.15, 0.2) is 12.1 Å². The number of aryl methyl sites for hydroxylation is 1. The smallest absolute Gasteiger partial charge is 0.227 e. The molecule has 3 N–H and O–H groups in total. The number of benzene rings is 1. The molecule has 2 rings (SSSR count). The van der Waals surface area contributed by atoms with Crippen LogP contribution in [0.1, 0.15) is 18.4 Å². The number of hydrogen-bond acceptors (Lipinski definition) is 3. The molecule has 0 bridgehead atoms. The maximum atomic E-state index is 12.0. The number of anilines is 1. The first-order chi connectivity index (χ1) is 8.51. The fourth-order valence-electron chi connectivity index (χ4n) is 2.20. The molecular weight excluding hydrogens is 252 g/mol. The Hall–Kier alpha value is -1.26. The number of nitrogens with two attached hydrogens (primary N) is 1. The SMILES string of the molecule is COc1c(C)cc(Cl)cc1NC(=O)C1CC(N)C1. The van der Waals surface area contributed by atoms with Crippen molar-refractivity contribution in [3.8, 4) is 5.75 Å². The fourth-order valence-corrected chi connectivity index (χ4v) is 2.48. The molecular formula is C13H17ClN2O2. The molecule has 0 aromatic heterocycles. The van der Waals surface area contributed by atoms with Crippen LogP contribution in [-0.2, 0) is 4.79 Å². The summed E-state index contributed by atoms with van der Waals surface area (Å²) < 4.78 is 5.29. The summed E-state index contributed by atoms with van der Waals surface area (Å²) in [4.78, 5) is 12.0. The van der Waals surface area contributed by atoms with Gasteiger partial charge in [-0.25, -0.2) is 0 Å². The van der Waals surface area contributed by atoms with E-state index < -0.39 is 0 Å². The van der Waals surface area contributed by atoms with E-state index in [9.17, 15) is 4.79 Å². The Morgan fingerprint density at radius 1 is 1.50 bits per heavy atom. The van der Waals surface area contributed by atoms with Crippen molar-refractivity contribution >= 4 is 23.2 Å². The van der Waals surface area contributed by atoms with Gasteiger partial charge >= 0.3 is 0 Å². The van der Waals surface area contributed by atoms with Crippen LogP contribution in [-0.4, -0.2) is 19.1 Å². The van der Waals surface area contributed by atoms with Gasteiger partial charge < -0.3 is 15.8 Å². The lowest BCUT2D eigenvalue weighted by molar-refractivity contribution is -0.122.